The maximum Gasteiger partial charge on any atom is 0.219 e. The molecule has 3 rings (SSSR count). The molecule has 1 fully saturated rings. The number of carbonyl (C=O) groups excluding carboxylic acids is 1. The van der Waals surface area contributed by atoms with Crippen LogP contribution in [0.1, 0.15) is 13.3 Å². The third-order valence-electron chi connectivity index (χ3n) is 3.89. The molecule has 1 aromatic heterocycles. The first kappa shape index (κ1) is 13.3. The van der Waals surface area contributed by atoms with Crippen LogP contribution in [-0.2, 0) is 4.79 Å². The van der Waals surface area contributed by atoms with Gasteiger partial charge in [-0.2, -0.15) is 0 Å². The Morgan fingerprint density at radius 2 is 2.10 bits per heavy atom. The normalized spacial score (nSPS) is 16.5. The van der Waals surface area contributed by atoms with Crippen LogP contribution >= 0.6 is 11.6 Å². The van der Waals surface area contributed by atoms with Gasteiger partial charge in [0.15, 0.2) is 0 Å². The first-order valence-electron chi connectivity index (χ1n) is 6.92. The summed E-state index contributed by atoms with van der Waals surface area (Å²) in [6, 6.07) is 6.04. The lowest BCUT2D eigenvalue weighted by molar-refractivity contribution is -0.128. The van der Waals surface area contributed by atoms with Crippen molar-refractivity contribution < 1.29 is 4.79 Å². The molecule has 106 valence electrons. The Labute approximate surface area is 123 Å². The van der Waals surface area contributed by atoms with E-state index in [0.29, 0.717) is 0 Å². The molecule has 20 heavy (non-hydrogen) atoms. The molecule has 0 unspecified atom stereocenters. The van der Waals surface area contributed by atoms with Crippen molar-refractivity contribution in [3.05, 3.63) is 29.4 Å². The van der Waals surface area contributed by atoms with Crippen LogP contribution in [0.2, 0.25) is 5.02 Å². The van der Waals surface area contributed by atoms with E-state index in [-0.39, 0.29) is 5.91 Å². The first-order chi connectivity index (χ1) is 9.65. The number of hydrogen-bond acceptors (Lipinski definition) is 2. The number of aromatic amines is 1. The van der Waals surface area contributed by atoms with Gasteiger partial charge in [0.05, 0.1) is 0 Å². The van der Waals surface area contributed by atoms with Gasteiger partial charge in [-0.3, -0.25) is 4.79 Å². The van der Waals surface area contributed by atoms with E-state index in [1.54, 1.807) is 6.92 Å². The molecule has 1 aliphatic heterocycles. The second-order valence-corrected chi connectivity index (χ2v) is 5.65. The van der Waals surface area contributed by atoms with E-state index >= 15 is 0 Å². The topological polar surface area (TPSA) is 39.3 Å². The van der Waals surface area contributed by atoms with Crippen molar-refractivity contribution in [2.45, 2.75) is 13.3 Å². The number of nitrogens with one attached hydrogen (secondary N) is 1. The van der Waals surface area contributed by atoms with E-state index in [0.717, 1.165) is 48.8 Å². The molecule has 2 heterocycles. The first-order valence-corrected chi connectivity index (χ1v) is 7.30. The van der Waals surface area contributed by atoms with Crippen molar-refractivity contribution in [1.82, 2.24) is 9.88 Å². The minimum Gasteiger partial charge on any atom is -0.369 e. The summed E-state index contributed by atoms with van der Waals surface area (Å²) in [5.41, 5.74) is 2.21. The number of benzene rings is 1. The minimum atomic E-state index is 0.157. The number of aromatic nitrogens is 1. The summed E-state index contributed by atoms with van der Waals surface area (Å²) in [5.74, 6) is 0.157. The van der Waals surface area contributed by atoms with Gasteiger partial charge in [-0.1, -0.05) is 11.6 Å². The minimum absolute atomic E-state index is 0.157. The van der Waals surface area contributed by atoms with Crippen molar-refractivity contribution in [3.8, 4) is 0 Å². The average Bonchev–Trinajstić information content (AvgIpc) is 2.73. The highest BCUT2D eigenvalue weighted by atomic mass is 35.5. The number of rotatable bonds is 1. The zero-order valence-electron chi connectivity index (χ0n) is 11.5. The van der Waals surface area contributed by atoms with Crippen LogP contribution in [0.15, 0.2) is 24.4 Å². The maximum absolute atomic E-state index is 11.5. The molecule has 0 atom stereocenters. The third kappa shape index (κ3) is 2.48. The van der Waals surface area contributed by atoms with Gasteiger partial charge in [-0.15, -0.1) is 0 Å². The molecule has 0 spiro atoms. The van der Waals surface area contributed by atoms with Gasteiger partial charge >= 0.3 is 0 Å². The van der Waals surface area contributed by atoms with Gasteiger partial charge in [-0.25, -0.2) is 0 Å². The summed E-state index contributed by atoms with van der Waals surface area (Å²) in [4.78, 5) is 18.9. The molecular formula is C15H18ClN3O. The van der Waals surface area contributed by atoms with E-state index in [1.165, 1.54) is 5.39 Å². The summed E-state index contributed by atoms with van der Waals surface area (Å²) in [5, 5.41) is 1.92. The van der Waals surface area contributed by atoms with Crippen molar-refractivity contribution in [2.24, 2.45) is 0 Å². The van der Waals surface area contributed by atoms with Crippen molar-refractivity contribution in [3.63, 3.8) is 0 Å². The number of hydrogen-bond donors (Lipinski definition) is 1. The van der Waals surface area contributed by atoms with E-state index in [9.17, 15) is 4.79 Å². The van der Waals surface area contributed by atoms with E-state index in [4.69, 9.17) is 11.6 Å². The second-order valence-electron chi connectivity index (χ2n) is 5.21. The van der Waals surface area contributed by atoms with Crippen LogP contribution in [0.25, 0.3) is 10.9 Å². The fraction of sp³-hybridized carbons (Fsp3) is 0.400. The third-order valence-corrected chi connectivity index (χ3v) is 4.11. The Hall–Kier alpha value is -1.68. The lowest BCUT2D eigenvalue weighted by Crippen LogP contribution is -2.33. The molecular weight excluding hydrogens is 274 g/mol. The van der Waals surface area contributed by atoms with Crippen LogP contribution in [-0.4, -0.2) is 42.0 Å². The van der Waals surface area contributed by atoms with Gasteiger partial charge < -0.3 is 14.8 Å². The number of anilines is 1. The molecule has 1 aliphatic rings. The highest BCUT2D eigenvalue weighted by Gasteiger charge is 2.18. The zero-order chi connectivity index (χ0) is 14.1. The van der Waals surface area contributed by atoms with Crippen LogP contribution in [0.4, 0.5) is 5.69 Å². The quantitative estimate of drug-likeness (QED) is 0.877. The summed E-state index contributed by atoms with van der Waals surface area (Å²) >= 11 is 6.21. The summed E-state index contributed by atoms with van der Waals surface area (Å²) in [7, 11) is 0. The maximum atomic E-state index is 11.5. The van der Waals surface area contributed by atoms with Crippen LogP contribution in [0.3, 0.4) is 0 Å². The van der Waals surface area contributed by atoms with Crippen LogP contribution in [0, 0.1) is 0 Å². The Bertz CT molecular complexity index is 637. The SMILES string of the molecule is CC(=O)N1CCCN(c2cc(Cl)cc3[nH]ccc23)CC1. The van der Waals surface area contributed by atoms with Gasteiger partial charge in [0, 0.05) is 60.9 Å². The highest BCUT2D eigenvalue weighted by molar-refractivity contribution is 6.31. The lowest BCUT2D eigenvalue weighted by Gasteiger charge is -2.24. The average molecular weight is 292 g/mol. The monoisotopic (exact) mass is 291 g/mol. The summed E-state index contributed by atoms with van der Waals surface area (Å²) in [6.07, 6.45) is 2.92. The van der Waals surface area contributed by atoms with Crippen molar-refractivity contribution in [1.29, 1.82) is 0 Å². The number of carbonyl (C=O) groups is 1. The van der Waals surface area contributed by atoms with Gasteiger partial charge in [0.25, 0.3) is 0 Å². The molecule has 1 N–H and O–H groups in total. The molecule has 0 aliphatic carbocycles. The zero-order valence-corrected chi connectivity index (χ0v) is 12.3. The number of H-pyrrole nitrogens is 1. The van der Waals surface area contributed by atoms with E-state index < -0.39 is 0 Å². The largest absolute Gasteiger partial charge is 0.369 e. The Kier molecular flexibility index (Phi) is 3.57. The molecule has 1 aromatic carbocycles. The van der Waals surface area contributed by atoms with Crippen LogP contribution < -0.4 is 4.90 Å². The number of halogens is 1. The summed E-state index contributed by atoms with van der Waals surface area (Å²) in [6.45, 7) is 5.04. The van der Waals surface area contributed by atoms with Crippen molar-refractivity contribution >= 4 is 34.1 Å². The van der Waals surface area contributed by atoms with E-state index in [1.807, 2.05) is 23.2 Å². The van der Waals surface area contributed by atoms with Gasteiger partial charge in [0.2, 0.25) is 5.91 Å². The molecule has 0 saturated carbocycles. The fourth-order valence-corrected chi connectivity index (χ4v) is 3.06. The van der Waals surface area contributed by atoms with Gasteiger partial charge in [-0.05, 0) is 24.6 Å². The lowest BCUT2D eigenvalue weighted by atomic mass is 10.2. The van der Waals surface area contributed by atoms with Gasteiger partial charge in [0.1, 0.15) is 0 Å². The predicted molar refractivity (Wildman–Crippen MR) is 82.4 cm³/mol. The molecule has 1 saturated heterocycles. The standard InChI is InChI=1S/C15H18ClN3O/c1-11(20)18-5-2-6-19(8-7-18)15-10-12(16)9-14-13(15)3-4-17-14/h3-4,9-10,17H,2,5-8H2,1H3. The Balaban J connectivity index is 1.91. The van der Waals surface area contributed by atoms with E-state index in [2.05, 4.69) is 16.0 Å². The smallest absolute Gasteiger partial charge is 0.219 e. The van der Waals surface area contributed by atoms with Crippen LogP contribution in [0.5, 0.6) is 0 Å². The Morgan fingerprint density at radius 3 is 2.90 bits per heavy atom. The number of amides is 1. The second kappa shape index (κ2) is 5.37. The molecule has 0 bridgehead atoms. The number of nitrogens with zero attached hydrogens (tertiary/aromatic N) is 2. The Morgan fingerprint density at radius 1 is 1.25 bits per heavy atom. The van der Waals surface area contributed by atoms with Crippen molar-refractivity contribution in [2.75, 3.05) is 31.1 Å². The number of fused-ring (bicyclic) bond motifs is 1. The summed E-state index contributed by atoms with van der Waals surface area (Å²) < 4.78 is 0. The highest BCUT2D eigenvalue weighted by Crippen LogP contribution is 2.30. The predicted octanol–water partition coefficient (Wildman–Crippen LogP) is 2.88. The molecule has 4 nitrogen and oxygen atoms in total. The molecule has 0 radical (unpaired) electrons. The fourth-order valence-electron chi connectivity index (χ4n) is 2.85. The molecule has 5 heteroatoms. The molecule has 2 aromatic rings. The molecule has 1 amide bonds.